The van der Waals surface area contributed by atoms with Gasteiger partial charge in [-0.05, 0) is 12.1 Å². The number of nitrogens with zero attached hydrogens (tertiary/aromatic N) is 2. The van der Waals surface area contributed by atoms with E-state index in [9.17, 15) is 0 Å². The van der Waals surface area contributed by atoms with Gasteiger partial charge in [-0.2, -0.15) is 0 Å². The van der Waals surface area contributed by atoms with Gasteiger partial charge >= 0.3 is 0 Å². The van der Waals surface area contributed by atoms with Crippen molar-refractivity contribution in [2.75, 3.05) is 36.8 Å². The van der Waals surface area contributed by atoms with Crippen molar-refractivity contribution in [1.29, 1.82) is 0 Å². The van der Waals surface area contributed by atoms with Crippen LogP contribution in [0.15, 0.2) is 34.3 Å². The lowest BCUT2D eigenvalue weighted by atomic mass is 10.2. The van der Waals surface area contributed by atoms with E-state index in [1.165, 1.54) is 0 Å². The molecule has 0 aliphatic carbocycles. The first-order valence-electron chi connectivity index (χ1n) is 6.11. The standard InChI is InChI=1S/C12H16N6/c1-2-4-10(18-12-15-7-8-16-12)9(3-1)17-11-13-5-6-14-11/h1-4H,5-8H2,(H2,13,14,17)(H2,15,16,18). The summed E-state index contributed by atoms with van der Waals surface area (Å²) in [4.78, 5) is 8.65. The zero-order chi connectivity index (χ0) is 12.2. The van der Waals surface area contributed by atoms with Crippen LogP contribution in [0, 0.1) is 0 Å². The summed E-state index contributed by atoms with van der Waals surface area (Å²) in [5.74, 6) is 1.65. The average molecular weight is 244 g/mol. The summed E-state index contributed by atoms with van der Waals surface area (Å²) in [7, 11) is 0. The highest BCUT2D eigenvalue weighted by Gasteiger charge is 2.10. The monoisotopic (exact) mass is 244 g/mol. The lowest BCUT2D eigenvalue weighted by Gasteiger charge is -2.13. The maximum Gasteiger partial charge on any atom is 0.195 e. The van der Waals surface area contributed by atoms with Gasteiger partial charge in [0.2, 0.25) is 0 Å². The van der Waals surface area contributed by atoms with Gasteiger partial charge < -0.3 is 21.3 Å². The molecule has 0 spiro atoms. The van der Waals surface area contributed by atoms with Crippen LogP contribution in [0.1, 0.15) is 0 Å². The Kier molecular flexibility index (Phi) is 2.99. The number of hydrogen-bond donors (Lipinski definition) is 4. The number of hydrogen-bond acceptors (Lipinski definition) is 6. The number of rotatable bonds is 2. The van der Waals surface area contributed by atoms with E-state index < -0.39 is 0 Å². The van der Waals surface area contributed by atoms with Crippen LogP contribution in [0.25, 0.3) is 0 Å². The molecule has 0 aromatic heterocycles. The van der Waals surface area contributed by atoms with Crippen LogP contribution in [0.3, 0.4) is 0 Å². The van der Waals surface area contributed by atoms with Gasteiger partial charge in [0.15, 0.2) is 11.9 Å². The molecule has 4 N–H and O–H groups in total. The summed E-state index contributed by atoms with van der Waals surface area (Å²) in [6.07, 6.45) is 0. The molecule has 0 saturated carbocycles. The number of anilines is 2. The Balaban J connectivity index is 1.76. The highest BCUT2D eigenvalue weighted by molar-refractivity contribution is 6.02. The highest BCUT2D eigenvalue weighted by Crippen LogP contribution is 2.21. The number of aliphatic imine (C=N–C) groups is 2. The summed E-state index contributed by atoms with van der Waals surface area (Å²) in [6, 6.07) is 8.01. The molecule has 0 saturated heterocycles. The van der Waals surface area contributed by atoms with E-state index >= 15 is 0 Å². The minimum atomic E-state index is 0.825. The van der Waals surface area contributed by atoms with Gasteiger partial charge in [-0.3, -0.25) is 9.98 Å². The first kappa shape index (κ1) is 10.9. The van der Waals surface area contributed by atoms with E-state index in [0.29, 0.717) is 0 Å². The van der Waals surface area contributed by atoms with Crippen molar-refractivity contribution in [2.45, 2.75) is 0 Å². The summed E-state index contributed by atoms with van der Waals surface area (Å²) >= 11 is 0. The predicted molar refractivity (Wildman–Crippen MR) is 74.3 cm³/mol. The molecule has 2 heterocycles. The third kappa shape index (κ3) is 2.37. The molecule has 3 rings (SSSR count). The van der Waals surface area contributed by atoms with Crippen LogP contribution in [0.4, 0.5) is 11.4 Å². The quantitative estimate of drug-likeness (QED) is 0.609. The van der Waals surface area contributed by atoms with Crippen LogP contribution >= 0.6 is 0 Å². The van der Waals surface area contributed by atoms with Gasteiger partial charge in [0, 0.05) is 13.1 Å². The molecule has 0 radical (unpaired) electrons. The second-order valence-corrected chi connectivity index (χ2v) is 4.11. The fourth-order valence-corrected chi connectivity index (χ4v) is 1.92. The lowest BCUT2D eigenvalue weighted by molar-refractivity contribution is 0.958. The number of para-hydroxylation sites is 2. The van der Waals surface area contributed by atoms with Gasteiger partial charge in [0.25, 0.3) is 0 Å². The van der Waals surface area contributed by atoms with Gasteiger partial charge in [-0.1, -0.05) is 12.1 Å². The van der Waals surface area contributed by atoms with E-state index in [2.05, 4.69) is 31.3 Å². The largest absolute Gasteiger partial charge is 0.354 e. The molecule has 1 aromatic rings. The smallest absolute Gasteiger partial charge is 0.195 e. The Morgan fingerprint density at radius 2 is 1.33 bits per heavy atom. The van der Waals surface area contributed by atoms with E-state index in [1.54, 1.807) is 0 Å². The van der Waals surface area contributed by atoms with E-state index in [1.807, 2.05) is 24.3 Å². The maximum absolute atomic E-state index is 4.32. The van der Waals surface area contributed by atoms with Gasteiger partial charge in [-0.15, -0.1) is 0 Å². The van der Waals surface area contributed by atoms with Crippen LogP contribution in [0.2, 0.25) is 0 Å². The van der Waals surface area contributed by atoms with E-state index in [-0.39, 0.29) is 0 Å². The van der Waals surface area contributed by atoms with Crippen LogP contribution < -0.4 is 21.3 Å². The molecule has 1 aromatic carbocycles. The summed E-state index contributed by atoms with van der Waals surface area (Å²) in [5.41, 5.74) is 1.98. The molecule has 0 atom stereocenters. The molecule has 18 heavy (non-hydrogen) atoms. The number of nitrogens with one attached hydrogen (secondary N) is 4. The molecular weight excluding hydrogens is 228 g/mol. The van der Waals surface area contributed by atoms with Crippen molar-refractivity contribution in [3.8, 4) is 0 Å². The molecule has 0 amide bonds. The Bertz CT molecular complexity index is 448. The molecule has 0 unspecified atom stereocenters. The number of guanidine groups is 2. The molecular formula is C12H16N6. The van der Waals surface area contributed by atoms with Crippen LogP contribution in [-0.2, 0) is 0 Å². The van der Waals surface area contributed by atoms with Crippen molar-refractivity contribution >= 4 is 23.3 Å². The SMILES string of the molecule is c1ccc(NC2=NCCN2)c(NC2=NCCN2)c1. The van der Waals surface area contributed by atoms with Crippen molar-refractivity contribution < 1.29 is 0 Å². The van der Waals surface area contributed by atoms with Gasteiger partial charge in [-0.25, -0.2) is 0 Å². The second kappa shape index (κ2) is 4.95. The fourth-order valence-electron chi connectivity index (χ4n) is 1.92. The van der Waals surface area contributed by atoms with Crippen molar-refractivity contribution in [1.82, 2.24) is 10.6 Å². The normalized spacial score (nSPS) is 17.6. The maximum atomic E-state index is 4.32. The molecule has 94 valence electrons. The topological polar surface area (TPSA) is 72.8 Å². The van der Waals surface area contributed by atoms with Crippen LogP contribution in [0.5, 0.6) is 0 Å². The molecule has 6 nitrogen and oxygen atoms in total. The molecule has 0 bridgehead atoms. The van der Waals surface area contributed by atoms with Gasteiger partial charge in [0.1, 0.15) is 0 Å². The lowest BCUT2D eigenvalue weighted by Crippen LogP contribution is -2.29. The average Bonchev–Trinajstić information content (AvgIpc) is 3.05. The van der Waals surface area contributed by atoms with Crippen LogP contribution in [-0.4, -0.2) is 38.1 Å². The summed E-state index contributed by atoms with van der Waals surface area (Å²) < 4.78 is 0. The number of benzene rings is 1. The predicted octanol–water partition coefficient (Wildman–Crippen LogP) is 0.429. The Morgan fingerprint density at radius 1 is 0.833 bits per heavy atom. The first-order chi connectivity index (χ1) is 8.92. The first-order valence-corrected chi connectivity index (χ1v) is 6.11. The molecule has 6 heteroatoms. The highest BCUT2D eigenvalue weighted by atomic mass is 15.2. The Labute approximate surface area is 106 Å². The van der Waals surface area contributed by atoms with Crippen molar-refractivity contribution in [3.05, 3.63) is 24.3 Å². The van der Waals surface area contributed by atoms with E-state index in [0.717, 1.165) is 49.5 Å². The summed E-state index contributed by atoms with van der Waals surface area (Å²) in [5, 5.41) is 12.9. The third-order valence-electron chi connectivity index (χ3n) is 2.78. The van der Waals surface area contributed by atoms with Crippen molar-refractivity contribution in [2.24, 2.45) is 9.98 Å². The summed E-state index contributed by atoms with van der Waals surface area (Å²) in [6.45, 7) is 3.44. The van der Waals surface area contributed by atoms with Crippen molar-refractivity contribution in [3.63, 3.8) is 0 Å². The Morgan fingerprint density at radius 3 is 1.72 bits per heavy atom. The molecule has 2 aliphatic heterocycles. The minimum absolute atomic E-state index is 0.825. The second-order valence-electron chi connectivity index (χ2n) is 4.11. The zero-order valence-electron chi connectivity index (χ0n) is 10.0. The molecule has 0 fully saturated rings. The fraction of sp³-hybridized carbons (Fsp3) is 0.333. The Hall–Kier alpha value is -2.24. The third-order valence-corrected chi connectivity index (χ3v) is 2.78. The van der Waals surface area contributed by atoms with E-state index in [4.69, 9.17) is 0 Å². The zero-order valence-corrected chi connectivity index (χ0v) is 10.0. The molecule has 2 aliphatic rings. The van der Waals surface area contributed by atoms with Gasteiger partial charge in [0.05, 0.1) is 24.5 Å². The minimum Gasteiger partial charge on any atom is -0.354 e.